The van der Waals surface area contributed by atoms with Crippen molar-refractivity contribution < 1.29 is 13.2 Å². The average molecular weight is 344 g/mol. The van der Waals surface area contributed by atoms with Gasteiger partial charge in [0.1, 0.15) is 0 Å². The molecule has 1 atom stereocenters. The molecule has 1 N–H and O–H groups in total. The smallest absolute Gasteiger partial charge is 0.251 e. The van der Waals surface area contributed by atoms with Crippen molar-refractivity contribution in [3.8, 4) is 0 Å². The molecule has 0 spiro atoms. The Bertz CT molecular complexity index is 834. The number of hydrogen-bond acceptors (Lipinski definition) is 3. The van der Waals surface area contributed by atoms with E-state index in [1.165, 1.54) is 4.31 Å². The van der Waals surface area contributed by atoms with Crippen molar-refractivity contribution in [3.63, 3.8) is 0 Å². The van der Waals surface area contributed by atoms with Gasteiger partial charge in [0.15, 0.2) is 0 Å². The van der Waals surface area contributed by atoms with Crippen LogP contribution in [0.2, 0.25) is 0 Å². The number of benzene rings is 2. The van der Waals surface area contributed by atoms with E-state index in [0.717, 1.165) is 5.56 Å². The minimum absolute atomic E-state index is 0.164. The van der Waals surface area contributed by atoms with Crippen LogP contribution in [0.5, 0.6) is 0 Å². The minimum atomic E-state index is -3.50. The van der Waals surface area contributed by atoms with Gasteiger partial charge in [0.2, 0.25) is 10.0 Å². The summed E-state index contributed by atoms with van der Waals surface area (Å²) in [5, 5.41) is 2.93. The molecule has 0 bridgehead atoms. The number of carbonyl (C=O) groups is 1. The zero-order valence-corrected chi connectivity index (χ0v) is 14.3. The molecular weight excluding hydrogens is 324 g/mol. The van der Waals surface area contributed by atoms with Crippen LogP contribution in [0, 0.1) is 6.92 Å². The SMILES string of the molecule is Cc1cccc(C(=O)NC2CCN(S(=O)(=O)c3ccccc3)C2)c1. The molecule has 0 radical (unpaired) electrons. The second-order valence-electron chi connectivity index (χ2n) is 6.00. The number of carbonyl (C=O) groups excluding carboxylic acids is 1. The highest BCUT2D eigenvalue weighted by molar-refractivity contribution is 7.89. The highest BCUT2D eigenvalue weighted by Gasteiger charge is 2.33. The third kappa shape index (κ3) is 3.49. The summed E-state index contributed by atoms with van der Waals surface area (Å²) < 4.78 is 26.6. The first-order valence-electron chi connectivity index (χ1n) is 7.89. The maximum Gasteiger partial charge on any atom is 0.251 e. The van der Waals surface area contributed by atoms with E-state index in [1.807, 2.05) is 25.1 Å². The van der Waals surface area contributed by atoms with E-state index in [9.17, 15) is 13.2 Å². The molecule has 0 aromatic heterocycles. The number of nitrogens with zero attached hydrogens (tertiary/aromatic N) is 1. The summed E-state index contributed by atoms with van der Waals surface area (Å²) in [6, 6.07) is 15.6. The molecule has 1 aliphatic rings. The number of rotatable bonds is 4. The number of amides is 1. The summed E-state index contributed by atoms with van der Waals surface area (Å²) in [4.78, 5) is 12.6. The highest BCUT2D eigenvalue weighted by Crippen LogP contribution is 2.21. The van der Waals surface area contributed by atoms with Crippen molar-refractivity contribution in [1.29, 1.82) is 0 Å². The number of aryl methyl sites for hydroxylation is 1. The number of nitrogens with one attached hydrogen (secondary N) is 1. The fourth-order valence-corrected chi connectivity index (χ4v) is 4.38. The molecule has 1 amide bonds. The fourth-order valence-electron chi connectivity index (χ4n) is 2.86. The van der Waals surface area contributed by atoms with Crippen LogP contribution < -0.4 is 5.32 Å². The predicted octanol–water partition coefficient (Wildman–Crippen LogP) is 2.19. The summed E-state index contributed by atoms with van der Waals surface area (Å²) in [5.41, 5.74) is 1.61. The first-order valence-corrected chi connectivity index (χ1v) is 9.33. The quantitative estimate of drug-likeness (QED) is 0.924. The van der Waals surface area contributed by atoms with Gasteiger partial charge in [0.25, 0.3) is 5.91 Å². The number of sulfonamides is 1. The Kier molecular flexibility index (Phi) is 4.69. The van der Waals surface area contributed by atoms with Crippen LogP contribution in [-0.2, 0) is 10.0 Å². The van der Waals surface area contributed by atoms with Gasteiger partial charge in [-0.05, 0) is 37.6 Å². The number of hydrogen-bond donors (Lipinski definition) is 1. The molecule has 1 heterocycles. The zero-order valence-electron chi connectivity index (χ0n) is 13.5. The molecule has 1 unspecified atom stereocenters. The average Bonchev–Trinajstić information content (AvgIpc) is 3.05. The Balaban J connectivity index is 1.67. The molecule has 5 nitrogen and oxygen atoms in total. The highest BCUT2D eigenvalue weighted by atomic mass is 32.2. The first kappa shape index (κ1) is 16.7. The Labute approximate surface area is 142 Å². The third-order valence-electron chi connectivity index (χ3n) is 4.15. The van der Waals surface area contributed by atoms with E-state index in [4.69, 9.17) is 0 Å². The van der Waals surface area contributed by atoms with Gasteiger partial charge < -0.3 is 5.32 Å². The van der Waals surface area contributed by atoms with Gasteiger partial charge in [-0.2, -0.15) is 4.31 Å². The molecule has 1 saturated heterocycles. The molecule has 0 aliphatic carbocycles. The van der Waals surface area contributed by atoms with Gasteiger partial charge in [-0.1, -0.05) is 35.9 Å². The van der Waals surface area contributed by atoms with Crippen LogP contribution in [0.3, 0.4) is 0 Å². The molecule has 3 rings (SSSR count). The van der Waals surface area contributed by atoms with Crippen LogP contribution >= 0.6 is 0 Å². The monoisotopic (exact) mass is 344 g/mol. The summed E-state index contributed by atoms with van der Waals surface area (Å²) in [7, 11) is -3.50. The van der Waals surface area contributed by atoms with E-state index >= 15 is 0 Å². The Morgan fingerprint density at radius 3 is 2.58 bits per heavy atom. The van der Waals surface area contributed by atoms with Crippen LogP contribution in [0.4, 0.5) is 0 Å². The standard InChI is InChI=1S/C18H20N2O3S/c1-14-6-5-7-15(12-14)18(21)19-16-10-11-20(13-16)24(22,23)17-8-3-2-4-9-17/h2-9,12,16H,10-11,13H2,1H3,(H,19,21). The van der Waals surface area contributed by atoms with Crippen molar-refractivity contribution in [2.24, 2.45) is 0 Å². The van der Waals surface area contributed by atoms with Crippen molar-refractivity contribution >= 4 is 15.9 Å². The summed E-state index contributed by atoms with van der Waals surface area (Å²) in [6.45, 7) is 2.64. The van der Waals surface area contributed by atoms with Gasteiger partial charge in [-0.3, -0.25) is 4.79 Å². The molecule has 1 aliphatic heterocycles. The lowest BCUT2D eigenvalue weighted by Crippen LogP contribution is -2.38. The topological polar surface area (TPSA) is 66.5 Å². The molecule has 6 heteroatoms. The largest absolute Gasteiger partial charge is 0.348 e. The molecule has 2 aromatic carbocycles. The molecule has 0 saturated carbocycles. The van der Waals surface area contributed by atoms with Crippen LogP contribution in [0.15, 0.2) is 59.5 Å². The lowest BCUT2D eigenvalue weighted by molar-refractivity contribution is 0.0939. The third-order valence-corrected chi connectivity index (χ3v) is 6.03. The van der Waals surface area contributed by atoms with E-state index < -0.39 is 10.0 Å². The normalized spacial score (nSPS) is 18.5. The molecule has 1 fully saturated rings. The van der Waals surface area contributed by atoms with Crippen molar-refractivity contribution in [1.82, 2.24) is 9.62 Å². The van der Waals surface area contributed by atoms with E-state index in [-0.39, 0.29) is 16.8 Å². The maximum atomic E-state index is 12.6. The lowest BCUT2D eigenvalue weighted by atomic mass is 10.1. The van der Waals surface area contributed by atoms with Gasteiger partial charge in [0.05, 0.1) is 4.90 Å². The van der Waals surface area contributed by atoms with Gasteiger partial charge in [-0.15, -0.1) is 0 Å². The molecule has 2 aromatic rings. The Hall–Kier alpha value is -2.18. The molecule has 24 heavy (non-hydrogen) atoms. The fraction of sp³-hybridized carbons (Fsp3) is 0.278. The first-order chi connectivity index (χ1) is 11.5. The van der Waals surface area contributed by atoms with Crippen molar-refractivity contribution in [3.05, 3.63) is 65.7 Å². The van der Waals surface area contributed by atoms with E-state index in [1.54, 1.807) is 36.4 Å². The van der Waals surface area contributed by atoms with Crippen LogP contribution in [0.1, 0.15) is 22.3 Å². The Morgan fingerprint density at radius 2 is 1.88 bits per heavy atom. The summed E-state index contributed by atoms with van der Waals surface area (Å²) in [5.74, 6) is -0.164. The predicted molar refractivity (Wildman–Crippen MR) is 92.3 cm³/mol. The van der Waals surface area contributed by atoms with Crippen molar-refractivity contribution in [2.45, 2.75) is 24.3 Å². The van der Waals surface area contributed by atoms with Gasteiger partial charge in [0, 0.05) is 24.7 Å². The van der Waals surface area contributed by atoms with Crippen LogP contribution in [-0.4, -0.2) is 37.8 Å². The van der Waals surface area contributed by atoms with Gasteiger partial charge >= 0.3 is 0 Å². The lowest BCUT2D eigenvalue weighted by Gasteiger charge is -2.17. The van der Waals surface area contributed by atoms with Crippen LogP contribution in [0.25, 0.3) is 0 Å². The van der Waals surface area contributed by atoms with Crippen molar-refractivity contribution in [2.75, 3.05) is 13.1 Å². The molecule has 126 valence electrons. The van der Waals surface area contributed by atoms with E-state index in [2.05, 4.69) is 5.32 Å². The summed E-state index contributed by atoms with van der Waals surface area (Å²) >= 11 is 0. The Morgan fingerprint density at radius 1 is 1.12 bits per heavy atom. The van der Waals surface area contributed by atoms with E-state index in [0.29, 0.717) is 25.1 Å². The minimum Gasteiger partial charge on any atom is -0.348 e. The second kappa shape index (κ2) is 6.75. The maximum absolute atomic E-state index is 12.6. The summed E-state index contributed by atoms with van der Waals surface area (Å²) in [6.07, 6.45) is 0.615. The zero-order chi connectivity index (χ0) is 17.2. The molecular formula is C18H20N2O3S. The second-order valence-corrected chi connectivity index (χ2v) is 7.94. The van der Waals surface area contributed by atoms with Gasteiger partial charge in [-0.25, -0.2) is 8.42 Å².